The molecule has 0 bridgehead atoms. The van der Waals surface area contributed by atoms with Gasteiger partial charge in [0.2, 0.25) is 0 Å². The smallest absolute Gasteiger partial charge is 0.261 e. The average Bonchev–Trinajstić information content (AvgIpc) is 2.53. The van der Waals surface area contributed by atoms with Gasteiger partial charge < -0.3 is 4.90 Å². The van der Waals surface area contributed by atoms with Gasteiger partial charge in [-0.05, 0) is 55.0 Å². The molecule has 124 valence electrons. The number of nitrogens with zero attached hydrogens (tertiary/aromatic N) is 1. The fourth-order valence-corrected chi connectivity index (χ4v) is 3.46. The third kappa shape index (κ3) is 4.97. The van der Waals surface area contributed by atoms with Gasteiger partial charge in [-0.3, -0.25) is 4.72 Å². The van der Waals surface area contributed by atoms with E-state index in [0.717, 1.165) is 29.5 Å². The number of hydrogen-bond donors (Lipinski definition) is 1. The van der Waals surface area contributed by atoms with Crippen LogP contribution in [-0.4, -0.2) is 22.0 Å². The summed E-state index contributed by atoms with van der Waals surface area (Å²) >= 11 is 3.30. The van der Waals surface area contributed by atoms with Crippen molar-refractivity contribution in [3.8, 4) is 0 Å². The second-order valence-electron chi connectivity index (χ2n) is 5.38. The first kappa shape index (κ1) is 17.8. The maximum absolute atomic E-state index is 12.3. The Morgan fingerprint density at radius 2 is 1.65 bits per heavy atom. The molecule has 0 unspecified atom stereocenters. The number of rotatable bonds is 7. The van der Waals surface area contributed by atoms with Crippen molar-refractivity contribution in [2.75, 3.05) is 23.2 Å². The minimum atomic E-state index is -3.56. The lowest BCUT2D eigenvalue weighted by atomic mass is 10.2. The predicted molar refractivity (Wildman–Crippen MR) is 99.6 cm³/mol. The quantitative estimate of drug-likeness (QED) is 0.749. The van der Waals surface area contributed by atoms with Crippen molar-refractivity contribution >= 4 is 37.3 Å². The van der Waals surface area contributed by atoms with Gasteiger partial charge in [0.25, 0.3) is 10.0 Å². The summed E-state index contributed by atoms with van der Waals surface area (Å²) in [7, 11) is -1.52. The van der Waals surface area contributed by atoms with Gasteiger partial charge in [-0.25, -0.2) is 8.42 Å². The van der Waals surface area contributed by atoms with Gasteiger partial charge in [-0.15, -0.1) is 0 Å². The number of unbranched alkanes of at least 4 members (excludes halogenated alkanes) is 1. The van der Waals surface area contributed by atoms with Crippen molar-refractivity contribution in [3.05, 3.63) is 53.0 Å². The van der Waals surface area contributed by atoms with Gasteiger partial charge in [0.05, 0.1) is 4.90 Å². The van der Waals surface area contributed by atoms with E-state index in [1.165, 1.54) is 0 Å². The summed E-state index contributed by atoms with van der Waals surface area (Å²) < 4.78 is 28.1. The summed E-state index contributed by atoms with van der Waals surface area (Å²) in [6, 6.07) is 14.0. The molecule has 0 amide bonds. The van der Waals surface area contributed by atoms with E-state index in [-0.39, 0.29) is 4.90 Å². The van der Waals surface area contributed by atoms with E-state index in [1.54, 1.807) is 36.4 Å². The van der Waals surface area contributed by atoms with Crippen LogP contribution >= 0.6 is 15.9 Å². The van der Waals surface area contributed by atoms with Crippen LogP contribution < -0.4 is 9.62 Å². The van der Waals surface area contributed by atoms with Crippen LogP contribution in [0.4, 0.5) is 11.4 Å². The molecule has 0 aromatic heterocycles. The van der Waals surface area contributed by atoms with Gasteiger partial charge in [-0.2, -0.15) is 0 Å². The Balaban J connectivity index is 2.09. The molecule has 0 aliphatic carbocycles. The van der Waals surface area contributed by atoms with Crippen molar-refractivity contribution in [3.63, 3.8) is 0 Å². The molecule has 0 saturated carbocycles. The molecule has 0 fully saturated rings. The van der Waals surface area contributed by atoms with E-state index in [9.17, 15) is 8.42 Å². The first-order valence-electron chi connectivity index (χ1n) is 7.52. The monoisotopic (exact) mass is 396 g/mol. The normalized spacial score (nSPS) is 11.3. The van der Waals surface area contributed by atoms with Crippen LogP contribution in [0.2, 0.25) is 0 Å². The molecule has 1 N–H and O–H groups in total. The summed E-state index contributed by atoms with van der Waals surface area (Å²) in [6.45, 7) is 3.15. The van der Waals surface area contributed by atoms with Crippen LogP contribution in [0.1, 0.15) is 19.8 Å². The topological polar surface area (TPSA) is 49.4 Å². The Hall–Kier alpha value is -1.53. The lowest BCUT2D eigenvalue weighted by Gasteiger charge is -2.19. The SMILES string of the molecule is CCCCN(C)c1ccc(NS(=O)(=O)c2ccc(Br)cc2)cc1. The lowest BCUT2D eigenvalue weighted by Crippen LogP contribution is -2.18. The number of halogens is 1. The highest BCUT2D eigenvalue weighted by Crippen LogP contribution is 2.21. The molecule has 0 aliphatic rings. The van der Waals surface area contributed by atoms with E-state index < -0.39 is 10.0 Å². The van der Waals surface area contributed by atoms with Crippen molar-refractivity contribution < 1.29 is 8.42 Å². The minimum absolute atomic E-state index is 0.241. The van der Waals surface area contributed by atoms with E-state index in [4.69, 9.17) is 0 Å². The van der Waals surface area contributed by atoms with Crippen molar-refractivity contribution in [1.29, 1.82) is 0 Å². The Morgan fingerprint density at radius 1 is 1.04 bits per heavy atom. The van der Waals surface area contributed by atoms with Gasteiger partial charge in [0, 0.05) is 29.4 Å². The predicted octanol–water partition coefficient (Wildman–Crippen LogP) is 4.49. The Kier molecular flexibility index (Phi) is 6.07. The highest BCUT2D eigenvalue weighted by molar-refractivity contribution is 9.10. The fraction of sp³-hybridized carbons (Fsp3) is 0.294. The lowest BCUT2D eigenvalue weighted by molar-refractivity contribution is 0.601. The zero-order valence-electron chi connectivity index (χ0n) is 13.3. The summed E-state index contributed by atoms with van der Waals surface area (Å²) in [4.78, 5) is 2.40. The van der Waals surface area contributed by atoms with Gasteiger partial charge in [0.15, 0.2) is 0 Å². The van der Waals surface area contributed by atoms with E-state index in [1.807, 2.05) is 19.2 Å². The summed E-state index contributed by atoms with van der Waals surface area (Å²) in [5.74, 6) is 0. The third-order valence-corrected chi connectivity index (χ3v) is 5.46. The first-order chi connectivity index (χ1) is 10.9. The van der Waals surface area contributed by atoms with Crippen LogP contribution in [0.25, 0.3) is 0 Å². The van der Waals surface area contributed by atoms with E-state index in [2.05, 4.69) is 32.5 Å². The van der Waals surface area contributed by atoms with Crippen molar-refractivity contribution in [2.24, 2.45) is 0 Å². The number of hydrogen-bond acceptors (Lipinski definition) is 3. The molecule has 2 aromatic carbocycles. The Labute approximate surface area is 146 Å². The van der Waals surface area contributed by atoms with Gasteiger partial charge >= 0.3 is 0 Å². The Morgan fingerprint density at radius 3 is 2.22 bits per heavy atom. The zero-order chi connectivity index (χ0) is 16.9. The zero-order valence-corrected chi connectivity index (χ0v) is 15.7. The molecule has 0 heterocycles. The number of benzene rings is 2. The van der Waals surface area contributed by atoms with Gasteiger partial charge in [-0.1, -0.05) is 29.3 Å². The highest BCUT2D eigenvalue weighted by atomic mass is 79.9. The molecule has 23 heavy (non-hydrogen) atoms. The molecule has 0 aliphatic heterocycles. The largest absolute Gasteiger partial charge is 0.375 e. The maximum atomic E-state index is 12.3. The molecule has 0 saturated heterocycles. The molecular formula is C17H21BrN2O2S. The highest BCUT2D eigenvalue weighted by Gasteiger charge is 2.14. The van der Waals surface area contributed by atoms with Crippen molar-refractivity contribution in [2.45, 2.75) is 24.7 Å². The molecule has 2 aromatic rings. The number of anilines is 2. The van der Waals surface area contributed by atoms with Crippen LogP contribution in [-0.2, 0) is 10.0 Å². The standard InChI is InChI=1S/C17H21BrN2O2S/c1-3-4-13-20(2)16-9-7-15(8-10-16)19-23(21,22)17-11-5-14(18)6-12-17/h5-12,19H,3-4,13H2,1-2H3. The fourth-order valence-electron chi connectivity index (χ4n) is 2.14. The molecule has 0 radical (unpaired) electrons. The van der Waals surface area contributed by atoms with E-state index in [0.29, 0.717) is 5.69 Å². The molecule has 6 heteroatoms. The number of sulfonamides is 1. The maximum Gasteiger partial charge on any atom is 0.261 e. The van der Waals surface area contributed by atoms with Crippen LogP contribution in [0, 0.1) is 0 Å². The first-order valence-corrected chi connectivity index (χ1v) is 9.79. The average molecular weight is 397 g/mol. The second kappa shape index (κ2) is 7.84. The molecule has 4 nitrogen and oxygen atoms in total. The van der Waals surface area contributed by atoms with Gasteiger partial charge in [0.1, 0.15) is 0 Å². The molecule has 2 rings (SSSR count). The second-order valence-corrected chi connectivity index (χ2v) is 7.98. The minimum Gasteiger partial charge on any atom is -0.375 e. The third-order valence-electron chi connectivity index (χ3n) is 3.53. The number of nitrogens with one attached hydrogen (secondary N) is 1. The Bertz CT molecular complexity index is 728. The van der Waals surface area contributed by atoms with E-state index >= 15 is 0 Å². The molecule has 0 atom stereocenters. The molecular weight excluding hydrogens is 376 g/mol. The molecule has 0 spiro atoms. The summed E-state index contributed by atoms with van der Waals surface area (Å²) in [5.41, 5.74) is 1.63. The van der Waals surface area contributed by atoms with Crippen LogP contribution in [0.5, 0.6) is 0 Å². The van der Waals surface area contributed by atoms with Crippen LogP contribution in [0.3, 0.4) is 0 Å². The van der Waals surface area contributed by atoms with Crippen molar-refractivity contribution in [1.82, 2.24) is 0 Å². The summed E-state index contributed by atoms with van der Waals surface area (Å²) in [5, 5.41) is 0. The summed E-state index contributed by atoms with van der Waals surface area (Å²) in [6.07, 6.45) is 2.28. The van der Waals surface area contributed by atoms with Crippen LogP contribution in [0.15, 0.2) is 57.9 Å².